The van der Waals surface area contributed by atoms with E-state index in [1.54, 1.807) is 11.7 Å². The van der Waals surface area contributed by atoms with Gasteiger partial charge < -0.3 is 5.11 Å². The Kier molecular flexibility index (Phi) is 2.17. The van der Waals surface area contributed by atoms with E-state index >= 15 is 0 Å². The summed E-state index contributed by atoms with van der Waals surface area (Å²) in [5.41, 5.74) is 1.65. The molecule has 0 fully saturated rings. The normalized spacial score (nSPS) is 10.4. The molecular formula is C6H5NO2S. The molecule has 0 atom stereocenters. The number of carbonyl (C=O) groups is 1. The second-order valence-corrected chi connectivity index (χ2v) is 2.49. The summed E-state index contributed by atoms with van der Waals surface area (Å²) in [7, 11) is 0. The fourth-order valence-electron chi connectivity index (χ4n) is 0.461. The van der Waals surface area contributed by atoms with E-state index in [0.717, 1.165) is 11.0 Å². The molecule has 0 aliphatic heterocycles. The van der Waals surface area contributed by atoms with Crippen LogP contribution in [0, 0.1) is 0 Å². The average molecular weight is 155 g/mol. The lowest BCUT2D eigenvalue weighted by atomic mass is 10.4. The Labute approximate surface area is 61.7 Å². The minimum absolute atomic E-state index is 0.849. The van der Waals surface area contributed by atoms with Gasteiger partial charge >= 0.3 is 5.97 Å². The zero-order valence-electron chi connectivity index (χ0n) is 5.02. The molecule has 0 unspecified atom stereocenters. The van der Waals surface area contributed by atoms with Crippen LogP contribution in [0.25, 0.3) is 6.08 Å². The van der Waals surface area contributed by atoms with Crippen molar-refractivity contribution < 1.29 is 9.90 Å². The molecule has 10 heavy (non-hydrogen) atoms. The second-order valence-electron chi connectivity index (χ2n) is 1.58. The average Bonchev–Trinajstić information content (AvgIpc) is 2.34. The quantitative estimate of drug-likeness (QED) is 0.654. The van der Waals surface area contributed by atoms with Gasteiger partial charge in [-0.15, -0.1) is 11.3 Å². The van der Waals surface area contributed by atoms with Crippen LogP contribution in [-0.4, -0.2) is 16.1 Å². The van der Waals surface area contributed by atoms with E-state index in [2.05, 4.69) is 4.98 Å². The van der Waals surface area contributed by atoms with Gasteiger partial charge in [-0.1, -0.05) is 0 Å². The first-order chi connectivity index (χ1) is 4.79. The highest BCUT2D eigenvalue weighted by atomic mass is 32.1. The van der Waals surface area contributed by atoms with Crippen molar-refractivity contribution in [3.63, 3.8) is 0 Å². The first-order valence-electron chi connectivity index (χ1n) is 2.58. The van der Waals surface area contributed by atoms with Gasteiger partial charge in [0.25, 0.3) is 0 Å². The zero-order chi connectivity index (χ0) is 7.40. The Hall–Kier alpha value is -1.16. The van der Waals surface area contributed by atoms with Crippen LogP contribution in [0.5, 0.6) is 0 Å². The lowest BCUT2D eigenvalue weighted by molar-refractivity contribution is -0.131. The highest BCUT2D eigenvalue weighted by Gasteiger charge is 1.88. The van der Waals surface area contributed by atoms with Crippen LogP contribution >= 0.6 is 11.3 Å². The maximum absolute atomic E-state index is 9.99. The van der Waals surface area contributed by atoms with Gasteiger partial charge in [0.05, 0.1) is 5.51 Å². The predicted octanol–water partition coefficient (Wildman–Crippen LogP) is 1.24. The predicted molar refractivity (Wildman–Crippen MR) is 38.8 cm³/mol. The molecule has 1 N–H and O–H groups in total. The third kappa shape index (κ3) is 1.99. The molecule has 0 radical (unpaired) electrons. The number of aromatic nitrogens is 1. The van der Waals surface area contributed by atoms with E-state index in [4.69, 9.17) is 5.11 Å². The van der Waals surface area contributed by atoms with Crippen molar-refractivity contribution in [3.8, 4) is 0 Å². The van der Waals surface area contributed by atoms with Gasteiger partial charge in [-0.25, -0.2) is 4.79 Å². The van der Waals surface area contributed by atoms with Crippen LogP contribution in [0.3, 0.4) is 0 Å². The van der Waals surface area contributed by atoms with E-state index in [-0.39, 0.29) is 0 Å². The van der Waals surface area contributed by atoms with Crippen molar-refractivity contribution >= 4 is 23.4 Å². The maximum atomic E-state index is 9.99. The number of hydrogen-bond acceptors (Lipinski definition) is 3. The molecule has 3 nitrogen and oxygen atoms in total. The molecule has 0 aromatic carbocycles. The summed E-state index contributed by atoms with van der Waals surface area (Å²) < 4.78 is 0. The SMILES string of the molecule is O=C(O)/C=C\c1cncs1. The van der Waals surface area contributed by atoms with Crippen LogP contribution < -0.4 is 0 Å². The lowest BCUT2D eigenvalue weighted by Gasteiger charge is -1.77. The Morgan fingerprint density at radius 1 is 1.80 bits per heavy atom. The van der Waals surface area contributed by atoms with Crippen molar-refractivity contribution in [2.75, 3.05) is 0 Å². The first kappa shape index (κ1) is 6.95. The molecule has 0 saturated heterocycles. The highest BCUT2D eigenvalue weighted by Crippen LogP contribution is 2.06. The van der Waals surface area contributed by atoms with Crippen LogP contribution in [0.1, 0.15) is 4.88 Å². The summed E-state index contributed by atoms with van der Waals surface area (Å²) >= 11 is 1.40. The molecule has 0 aliphatic carbocycles. The smallest absolute Gasteiger partial charge is 0.328 e. The van der Waals surface area contributed by atoms with Crippen molar-refractivity contribution in [1.82, 2.24) is 4.98 Å². The first-order valence-corrected chi connectivity index (χ1v) is 3.46. The maximum Gasteiger partial charge on any atom is 0.328 e. The minimum Gasteiger partial charge on any atom is -0.478 e. The van der Waals surface area contributed by atoms with E-state index in [9.17, 15) is 4.79 Å². The largest absolute Gasteiger partial charge is 0.478 e. The van der Waals surface area contributed by atoms with Crippen LogP contribution in [0.15, 0.2) is 17.8 Å². The molecule has 0 spiro atoms. The van der Waals surface area contributed by atoms with Crippen molar-refractivity contribution in [3.05, 3.63) is 22.7 Å². The van der Waals surface area contributed by atoms with Gasteiger partial charge in [0.2, 0.25) is 0 Å². The van der Waals surface area contributed by atoms with E-state index in [0.29, 0.717) is 0 Å². The number of aliphatic carboxylic acids is 1. The molecule has 0 saturated carbocycles. The minimum atomic E-state index is -0.937. The molecule has 1 aromatic rings. The lowest BCUT2D eigenvalue weighted by Crippen LogP contribution is -1.84. The van der Waals surface area contributed by atoms with Gasteiger partial charge in [0, 0.05) is 17.2 Å². The Bertz CT molecular complexity index is 240. The second kappa shape index (κ2) is 3.12. The summed E-state index contributed by atoms with van der Waals surface area (Å²) in [5, 5.41) is 8.21. The van der Waals surface area contributed by atoms with E-state index in [1.807, 2.05) is 0 Å². The molecule has 4 heteroatoms. The topological polar surface area (TPSA) is 50.2 Å². The van der Waals surface area contributed by atoms with Gasteiger partial charge in [0.1, 0.15) is 0 Å². The molecule has 1 rings (SSSR count). The molecule has 1 heterocycles. The Morgan fingerprint density at radius 3 is 3.10 bits per heavy atom. The van der Waals surface area contributed by atoms with E-state index < -0.39 is 5.97 Å². The van der Waals surface area contributed by atoms with Crippen molar-refractivity contribution in [2.24, 2.45) is 0 Å². The molecule has 1 aromatic heterocycles. The summed E-state index contributed by atoms with van der Waals surface area (Å²) in [4.78, 5) is 14.6. The van der Waals surface area contributed by atoms with Crippen LogP contribution in [-0.2, 0) is 4.79 Å². The number of carboxylic acid groups (broad SMARTS) is 1. The summed E-state index contributed by atoms with van der Waals surface area (Å²) in [5.74, 6) is -0.937. The summed E-state index contributed by atoms with van der Waals surface area (Å²) in [6.45, 7) is 0. The Morgan fingerprint density at radius 2 is 2.60 bits per heavy atom. The fourth-order valence-corrected chi connectivity index (χ4v) is 0.973. The van der Waals surface area contributed by atoms with Crippen molar-refractivity contribution in [1.29, 1.82) is 0 Å². The highest BCUT2D eigenvalue weighted by molar-refractivity contribution is 7.10. The standard InChI is InChI=1S/C6H5NO2S/c8-6(9)2-1-5-3-7-4-10-5/h1-4H,(H,8,9)/b2-1-. The molecule has 0 aliphatic rings. The zero-order valence-corrected chi connectivity index (χ0v) is 5.84. The van der Waals surface area contributed by atoms with Crippen molar-refractivity contribution in [2.45, 2.75) is 0 Å². The number of rotatable bonds is 2. The van der Waals surface area contributed by atoms with Gasteiger partial charge in [-0.3, -0.25) is 4.98 Å². The van der Waals surface area contributed by atoms with Crippen LogP contribution in [0.4, 0.5) is 0 Å². The third-order valence-corrected chi connectivity index (χ3v) is 1.58. The third-order valence-electron chi connectivity index (χ3n) is 0.842. The van der Waals surface area contributed by atoms with Gasteiger partial charge in [-0.2, -0.15) is 0 Å². The molecule has 0 bridgehead atoms. The van der Waals surface area contributed by atoms with E-state index in [1.165, 1.54) is 17.4 Å². The van der Waals surface area contributed by atoms with Gasteiger partial charge in [-0.05, 0) is 6.08 Å². The fraction of sp³-hybridized carbons (Fsp3) is 0. The summed E-state index contributed by atoms with van der Waals surface area (Å²) in [6, 6.07) is 0. The molecule has 52 valence electrons. The Balaban J connectivity index is 2.64. The number of hydrogen-bond donors (Lipinski definition) is 1. The summed E-state index contributed by atoms with van der Waals surface area (Å²) in [6.07, 6.45) is 4.22. The van der Waals surface area contributed by atoms with Gasteiger partial charge in [0.15, 0.2) is 0 Å². The monoisotopic (exact) mass is 155 g/mol. The number of thiazole rings is 1. The number of nitrogens with zero attached hydrogens (tertiary/aromatic N) is 1. The molecular weight excluding hydrogens is 150 g/mol. The number of carboxylic acids is 1. The van der Waals surface area contributed by atoms with Crippen LogP contribution in [0.2, 0.25) is 0 Å². The molecule has 0 amide bonds.